The number of amides is 1. The third-order valence-corrected chi connectivity index (χ3v) is 2.73. The van der Waals surface area contributed by atoms with Crippen LogP contribution < -0.4 is 11.1 Å². The van der Waals surface area contributed by atoms with Crippen molar-refractivity contribution in [1.29, 1.82) is 0 Å². The minimum atomic E-state index is -0.491. The molecule has 5 nitrogen and oxygen atoms in total. The Morgan fingerprint density at radius 2 is 2.28 bits per heavy atom. The molecule has 0 aromatic carbocycles. The predicted molar refractivity (Wildman–Crippen MR) is 70.3 cm³/mol. The van der Waals surface area contributed by atoms with Crippen LogP contribution in [0, 0.1) is 5.92 Å². The average molecular weight is 251 g/mol. The van der Waals surface area contributed by atoms with Gasteiger partial charge in [0.05, 0.1) is 5.54 Å². The van der Waals surface area contributed by atoms with Crippen molar-refractivity contribution in [2.45, 2.75) is 32.7 Å². The molecule has 0 fully saturated rings. The third-order valence-electron chi connectivity index (χ3n) is 2.73. The van der Waals surface area contributed by atoms with E-state index < -0.39 is 11.4 Å². The lowest BCUT2D eigenvalue weighted by Gasteiger charge is -2.31. The molecule has 1 rings (SSSR count). The van der Waals surface area contributed by atoms with Crippen molar-refractivity contribution < 1.29 is 9.90 Å². The monoisotopic (exact) mass is 251 g/mol. The van der Waals surface area contributed by atoms with Crippen LogP contribution in [-0.4, -0.2) is 28.1 Å². The van der Waals surface area contributed by atoms with Crippen molar-refractivity contribution in [3.63, 3.8) is 0 Å². The van der Waals surface area contributed by atoms with E-state index in [0.29, 0.717) is 12.5 Å². The quantitative estimate of drug-likeness (QED) is 0.735. The lowest BCUT2D eigenvalue weighted by atomic mass is 9.90. The van der Waals surface area contributed by atoms with E-state index in [4.69, 9.17) is 5.73 Å². The zero-order valence-corrected chi connectivity index (χ0v) is 11.1. The van der Waals surface area contributed by atoms with Crippen LogP contribution in [0.15, 0.2) is 18.3 Å². The van der Waals surface area contributed by atoms with Crippen molar-refractivity contribution in [3.8, 4) is 5.75 Å². The average Bonchev–Trinajstić information content (AvgIpc) is 2.28. The molecule has 1 atom stereocenters. The molecule has 0 bridgehead atoms. The third kappa shape index (κ3) is 3.70. The zero-order valence-electron chi connectivity index (χ0n) is 11.1. The van der Waals surface area contributed by atoms with Crippen LogP contribution in [0.1, 0.15) is 37.7 Å². The molecule has 5 heteroatoms. The Bertz CT molecular complexity index is 420. The van der Waals surface area contributed by atoms with Gasteiger partial charge in [-0.1, -0.05) is 13.8 Å². The second-order valence-corrected chi connectivity index (χ2v) is 5.19. The molecule has 1 heterocycles. The number of aromatic hydroxyl groups is 1. The summed E-state index contributed by atoms with van der Waals surface area (Å²) in [5, 5.41) is 12.4. The van der Waals surface area contributed by atoms with E-state index in [9.17, 15) is 9.90 Å². The van der Waals surface area contributed by atoms with Crippen LogP contribution in [0.2, 0.25) is 0 Å². The maximum absolute atomic E-state index is 12.0. The second kappa shape index (κ2) is 5.82. The standard InChI is InChI=1S/C13H21N3O2/c1-9(2)7-13(3,8-14)16-12(18)11-10(17)5-4-6-15-11/h4-6,9,17H,7-8,14H2,1-3H3,(H,16,18). The number of hydrogen-bond acceptors (Lipinski definition) is 4. The first-order valence-corrected chi connectivity index (χ1v) is 6.04. The van der Waals surface area contributed by atoms with E-state index in [0.717, 1.165) is 6.42 Å². The number of rotatable bonds is 5. The molecule has 18 heavy (non-hydrogen) atoms. The summed E-state index contributed by atoms with van der Waals surface area (Å²) in [6.45, 7) is 6.37. The minimum Gasteiger partial charge on any atom is -0.505 e. The molecular formula is C13H21N3O2. The molecule has 100 valence electrons. The summed E-state index contributed by atoms with van der Waals surface area (Å²) in [5.41, 5.74) is 5.26. The normalized spacial score (nSPS) is 14.3. The Morgan fingerprint density at radius 1 is 1.61 bits per heavy atom. The smallest absolute Gasteiger partial charge is 0.274 e. The van der Waals surface area contributed by atoms with Crippen molar-refractivity contribution in [3.05, 3.63) is 24.0 Å². The summed E-state index contributed by atoms with van der Waals surface area (Å²) in [5.74, 6) is -0.114. The molecule has 1 aromatic rings. The van der Waals surface area contributed by atoms with Gasteiger partial charge in [-0.2, -0.15) is 0 Å². The highest BCUT2D eigenvalue weighted by Crippen LogP contribution is 2.18. The SMILES string of the molecule is CC(C)CC(C)(CN)NC(=O)c1ncccc1O. The molecule has 0 aliphatic rings. The Balaban J connectivity index is 2.83. The van der Waals surface area contributed by atoms with Crippen LogP contribution in [0.5, 0.6) is 5.75 Å². The molecule has 0 saturated heterocycles. The molecule has 1 amide bonds. The molecule has 0 spiro atoms. The number of nitrogens with zero attached hydrogens (tertiary/aromatic N) is 1. The van der Waals surface area contributed by atoms with Gasteiger partial charge in [-0.15, -0.1) is 0 Å². The summed E-state index contributed by atoms with van der Waals surface area (Å²) in [6, 6.07) is 3.01. The summed E-state index contributed by atoms with van der Waals surface area (Å²) in [4.78, 5) is 15.9. The largest absolute Gasteiger partial charge is 0.505 e. The molecule has 4 N–H and O–H groups in total. The number of aromatic nitrogens is 1. The number of pyridine rings is 1. The first-order valence-electron chi connectivity index (χ1n) is 6.04. The fourth-order valence-electron chi connectivity index (χ4n) is 1.99. The summed E-state index contributed by atoms with van der Waals surface area (Å²) >= 11 is 0. The molecule has 1 aromatic heterocycles. The van der Waals surface area contributed by atoms with Gasteiger partial charge in [-0.05, 0) is 31.4 Å². The molecular weight excluding hydrogens is 230 g/mol. The molecule has 1 unspecified atom stereocenters. The van der Waals surface area contributed by atoms with Gasteiger partial charge in [0.2, 0.25) is 0 Å². The van der Waals surface area contributed by atoms with E-state index in [1.54, 1.807) is 6.07 Å². The second-order valence-electron chi connectivity index (χ2n) is 5.19. The highest BCUT2D eigenvalue weighted by molar-refractivity contribution is 5.95. The molecule has 0 saturated carbocycles. The van der Waals surface area contributed by atoms with Gasteiger partial charge in [0.15, 0.2) is 5.69 Å². The fraction of sp³-hybridized carbons (Fsp3) is 0.538. The lowest BCUT2D eigenvalue weighted by molar-refractivity contribution is 0.0890. The molecule has 0 radical (unpaired) electrons. The van der Waals surface area contributed by atoms with Gasteiger partial charge < -0.3 is 16.2 Å². The number of hydrogen-bond donors (Lipinski definition) is 3. The van der Waals surface area contributed by atoms with Gasteiger partial charge in [0, 0.05) is 12.7 Å². The highest BCUT2D eigenvalue weighted by atomic mass is 16.3. The molecule has 0 aliphatic carbocycles. The van der Waals surface area contributed by atoms with Gasteiger partial charge >= 0.3 is 0 Å². The lowest BCUT2D eigenvalue weighted by Crippen LogP contribution is -2.52. The number of nitrogens with one attached hydrogen (secondary N) is 1. The summed E-state index contributed by atoms with van der Waals surface area (Å²) in [7, 11) is 0. The Labute approximate surface area is 107 Å². The maximum atomic E-state index is 12.0. The van der Waals surface area contributed by atoms with Gasteiger partial charge in [-0.25, -0.2) is 4.98 Å². The van der Waals surface area contributed by atoms with Crippen molar-refractivity contribution in [2.24, 2.45) is 11.7 Å². The van der Waals surface area contributed by atoms with E-state index in [1.807, 2.05) is 6.92 Å². The Morgan fingerprint density at radius 3 is 2.78 bits per heavy atom. The number of carbonyl (C=O) groups excluding carboxylic acids is 1. The van der Waals surface area contributed by atoms with Gasteiger partial charge in [-0.3, -0.25) is 4.79 Å². The number of nitrogens with two attached hydrogens (primary N) is 1. The Kier molecular flexibility index (Phi) is 4.67. The Hall–Kier alpha value is -1.62. The summed E-state index contributed by atoms with van der Waals surface area (Å²) in [6.07, 6.45) is 2.24. The van der Waals surface area contributed by atoms with Crippen molar-refractivity contribution in [2.75, 3.05) is 6.54 Å². The summed E-state index contributed by atoms with van der Waals surface area (Å²) < 4.78 is 0. The van der Waals surface area contributed by atoms with Crippen molar-refractivity contribution >= 4 is 5.91 Å². The fourth-order valence-corrected chi connectivity index (χ4v) is 1.99. The van der Waals surface area contributed by atoms with E-state index >= 15 is 0 Å². The number of carbonyl (C=O) groups is 1. The van der Waals surface area contributed by atoms with E-state index in [-0.39, 0.29) is 11.4 Å². The zero-order chi connectivity index (χ0) is 13.8. The predicted octanol–water partition coefficient (Wildman–Crippen LogP) is 1.28. The highest BCUT2D eigenvalue weighted by Gasteiger charge is 2.27. The van der Waals surface area contributed by atoms with Crippen LogP contribution in [0.3, 0.4) is 0 Å². The van der Waals surface area contributed by atoms with Gasteiger partial charge in [0.1, 0.15) is 5.75 Å². The van der Waals surface area contributed by atoms with Crippen LogP contribution in [0.4, 0.5) is 0 Å². The maximum Gasteiger partial charge on any atom is 0.274 e. The van der Waals surface area contributed by atoms with Crippen LogP contribution in [-0.2, 0) is 0 Å². The minimum absolute atomic E-state index is 0.0286. The first kappa shape index (κ1) is 14.4. The van der Waals surface area contributed by atoms with Crippen molar-refractivity contribution in [1.82, 2.24) is 10.3 Å². The first-order chi connectivity index (χ1) is 8.38. The van der Waals surface area contributed by atoms with Crippen LogP contribution >= 0.6 is 0 Å². The van der Waals surface area contributed by atoms with Crippen LogP contribution in [0.25, 0.3) is 0 Å². The van der Waals surface area contributed by atoms with E-state index in [2.05, 4.69) is 24.1 Å². The molecule has 0 aliphatic heterocycles. The van der Waals surface area contributed by atoms with E-state index in [1.165, 1.54) is 12.3 Å². The topological polar surface area (TPSA) is 88.2 Å². The van der Waals surface area contributed by atoms with Gasteiger partial charge in [0.25, 0.3) is 5.91 Å².